The van der Waals surface area contributed by atoms with Gasteiger partial charge in [0.1, 0.15) is 21.9 Å². The summed E-state index contributed by atoms with van der Waals surface area (Å²) in [7, 11) is -3.22. The third-order valence-corrected chi connectivity index (χ3v) is 5.00. The van der Waals surface area contributed by atoms with Crippen LogP contribution in [-0.4, -0.2) is 74.4 Å². The Morgan fingerprint density at radius 1 is 1.46 bits per heavy atom. The van der Waals surface area contributed by atoms with Gasteiger partial charge in [0.15, 0.2) is 0 Å². The number of carbonyl (C=O) groups excluding carboxylic acids is 3. The lowest BCUT2D eigenvalue weighted by Crippen LogP contribution is -2.61. The van der Waals surface area contributed by atoms with E-state index in [1.165, 1.54) is 4.90 Å². The zero-order valence-electron chi connectivity index (χ0n) is 13.4. The first-order chi connectivity index (χ1) is 11.2. The van der Waals surface area contributed by atoms with Gasteiger partial charge in [0.2, 0.25) is 11.8 Å². The molecule has 9 nitrogen and oxygen atoms in total. The van der Waals surface area contributed by atoms with Gasteiger partial charge in [-0.1, -0.05) is 6.08 Å². The molecule has 2 heterocycles. The maximum atomic E-state index is 12.4. The molecule has 0 spiro atoms. The Morgan fingerprint density at radius 3 is 2.79 bits per heavy atom. The van der Waals surface area contributed by atoms with Crippen LogP contribution in [0, 0.1) is 0 Å². The molecular formula is C14H22N4O5S. The predicted molar refractivity (Wildman–Crippen MR) is 86.9 cm³/mol. The number of sulfone groups is 1. The molecule has 0 radical (unpaired) electrons. The van der Waals surface area contributed by atoms with Gasteiger partial charge in [-0.2, -0.15) is 0 Å². The Bertz CT molecular complexity index is 648. The van der Waals surface area contributed by atoms with E-state index in [1.54, 1.807) is 6.08 Å². The molecule has 0 aliphatic carbocycles. The molecule has 10 heteroatoms. The Labute approximate surface area is 140 Å². The van der Waals surface area contributed by atoms with Gasteiger partial charge in [-0.3, -0.25) is 9.59 Å². The Morgan fingerprint density at radius 2 is 2.17 bits per heavy atom. The third kappa shape index (κ3) is 4.47. The predicted octanol–water partition coefficient (Wildman–Crippen LogP) is -1.63. The highest BCUT2D eigenvalue weighted by Crippen LogP contribution is 2.23. The molecule has 24 heavy (non-hydrogen) atoms. The molecule has 134 valence electrons. The zero-order chi connectivity index (χ0) is 17.9. The van der Waals surface area contributed by atoms with Crippen LogP contribution in [0.1, 0.15) is 12.8 Å². The van der Waals surface area contributed by atoms with Gasteiger partial charge >= 0.3 is 6.03 Å². The average molecular weight is 358 g/mol. The van der Waals surface area contributed by atoms with Crippen LogP contribution in [0.4, 0.5) is 4.79 Å². The first-order valence-electron chi connectivity index (χ1n) is 7.65. The number of carbonyl (C=O) groups is 3. The monoisotopic (exact) mass is 358 g/mol. The van der Waals surface area contributed by atoms with Crippen molar-refractivity contribution < 1.29 is 22.8 Å². The van der Waals surface area contributed by atoms with Crippen LogP contribution < -0.4 is 16.0 Å². The highest BCUT2D eigenvalue weighted by atomic mass is 32.2. The van der Waals surface area contributed by atoms with E-state index in [0.29, 0.717) is 13.0 Å². The van der Waals surface area contributed by atoms with Crippen molar-refractivity contribution in [2.75, 3.05) is 25.1 Å². The number of hydrogen-bond donors (Lipinski definition) is 3. The summed E-state index contributed by atoms with van der Waals surface area (Å²) in [4.78, 5) is 37.7. The fourth-order valence-electron chi connectivity index (χ4n) is 2.89. The zero-order valence-corrected chi connectivity index (χ0v) is 14.3. The topological polar surface area (TPSA) is 125 Å². The first kappa shape index (κ1) is 18.2. The standard InChI is InChI=1S/C14H22N4O5S/c1-3-5-15-14(21)16-9-7-11-12(19)17-10(4-6-24(2,22)23)13(20)18(11)8-9/h3,9-11H,1,4-8H2,2H3,(H,17,19)(H2,15,16,21). The third-order valence-electron chi connectivity index (χ3n) is 4.02. The molecule has 4 amide bonds. The molecule has 3 N–H and O–H groups in total. The van der Waals surface area contributed by atoms with Gasteiger partial charge < -0.3 is 20.9 Å². The summed E-state index contributed by atoms with van der Waals surface area (Å²) in [5, 5.41) is 7.87. The summed E-state index contributed by atoms with van der Waals surface area (Å²) in [6, 6.07) is -2.18. The maximum Gasteiger partial charge on any atom is 0.315 e. The van der Waals surface area contributed by atoms with Crippen LogP contribution in [0.2, 0.25) is 0 Å². The van der Waals surface area contributed by atoms with Crippen LogP contribution >= 0.6 is 0 Å². The van der Waals surface area contributed by atoms with Gasteiger partial charge in [-0.25, -0.2) is 13.2 Å². The lowest BCUT2D eigenvalue weighted by atomic mass is 10.1. The Hall–Kier alpha value is -2.10. The van der Waals surface area contributed by atoms with Crippen LogP contribution in [0.25, 0.3) is 0 Å². The van der Waals surface area contributed by atoms with E-state index >= 15 is 0 Å². The maximum absolute atomic E-state index is 12.4. The summed E-state index contributed by atoms with van der Waals surface area (Å²) < 4.78 is 22.5. The highest BCUT2D eigenvalue weighted by molar-refractivity contribution is 7.90. The first-order valence-corrected chi connectivity index (χ1v) is 9.71. The largest absolute Gasteiger partial charge is 0.342 e. The number of nitrogens with one attached hydrogen (secondary N) is 3. The van der Waals surface area contributed by atoms with Gasteiger partial charge in [-0.05, 0) is 12.8 Å². The van der Waals surface area contributed by atoms with Crippen LogP contribution in [-0.2, 0) is 19.4 Å². The number of piperazine rings is 1. The fraction of sp³-hybridized carbons (Fsp3) is 0.643. The van der Waals surface area contributed by atoms with Crippen LogP contribution in [0.3, 0.4) is 0 Å². The second-order valence-electron chi connectivity index (χ2n) is 6.06. The quantitative estimate of drug-likeness (QED) is 0.492. The van der Waals surface area contributed by atoms with Crippen molar-refractivity contribution in [1.29, 1.82) is 0 Å². The summed E-state index contributed by atoms with van der Waals surface area (Å²) in [5.74, 6) is -0.795. The molecule has 0 aromatic heterocycles. The fourth-order valence-corrected chi connectivity index (χ4v) is 3.56. The smallest absolute Gasteiger partial charge is 0.315 e. The molecule has 0 saturated carbocycles. The number of nitrogens with zero attached hydrogens (tertiary/aromatic N) is 1. The van der Waals surface area contributed by atoms with Gasteiger partial charge in [-0.15, -0.1) is 6.58 Å². The van der Waals surface area contributed by atoms with E-state index in [4.69, 9.17) is 0 Å². The molecule has 2 aliphatic rings. The average Bonchev–Trinajstić information content (AvgIpc) is 2.91. The summed E-state index contributed by atoms with van der Waals surface area (Å²) in [6.07, 6.45) is 3.01. The van der Waals surface area contributed by atoms with Crippen LogP contribution in [0.15, 0.2) is 12.7 Å². The molecule has 3 unspecified atom stereocenters. The molecule has 0 aromatic rings. The van der Waals surface area contributed by atoms with Crippen molar-refractivity contribution in [3.8, 4) is 0 Å². The van der Waals surface area contributed by atoms with E-state index in [1.807, 2.05) is 0 Å². The number of amides is 4. The highest BCUT2D eigenvalue weighted by Gasteiger charge is 2.46. The van der Waals surface area contributed by atoms with Crippen molar-refractivity contribution in [1.82, 2.24) is 20.9 Å². The molecule has 2 aliphatic heterocycles. The molecule has 0 bridgehead atoms. The Balaban J connectivity index is 1.96. The minimum absolute atomic E-state index is 0.0462. The lowest BCUT2D eigenvalue weighted by molar-refractivity contribution is -0.147. The molecule has 0 aromatic carbocycles. The van der Waals surface area contributed by atoms with E-state index in [2.05, 4.69) is 22.5 Å². The van der Waals surface area contributed by atoms with Gasteiger partial charge in [0.05, 0.1) is 11.8 Å². The van der Waals surface area contributed by atoms with E-state index in [0.717, 1.165) is 6.26 Å². The van der Waals surface area contributed by atoms with E-state index in [-0.39, 0.29) is 42.6 Å². The normalized spacial score (nSPS) is 26.5. The summed E-state index contributed by atoms with van der Waals surface area (Å²) >= 11 is 0. The number of fused-ring (bicyclic) bond motifs is 1. The van der Waals surface area contributed by atoms with Crippen molar-refractivity contribution in [2.45, 2.75) is 31.0 Å². The number of urea groups is 1. The summed E-state index contributed by atoms with van der Waals surface area (Å²) in [6.45, 7) is 4.04. The molecule has 2 rings (SSSR count). The SMILES string of the molecule is C=CCNC(=O)NC1CC2C(=O)NC(CCS(C)(=O)=O)C(=O)N2C1. The van der Waals surface area contributed by atoms with Crippen molar-refractivity contribution >= 4 is 27.7 Å². The van der Waals surface area contributed by atoms with Gasteiger partial charge in [0, 0.05) is 19.3 Å². The molecule has 2 saturated heterocycles. The molecule has 3 atom stereocenters. The van der Waals surface area contributed by atoms with Crippen molar-refractivity contribution in [3.63, 3.8) is 0 Å². The Kier molecular flexibility index (Phi) is 5.47. The minimum Gasteiger partial charge on any atom is -0.342 e. The number of rotatable bonds is 6. The molecule has 2 fully saturated rings. The summed E-state index contributed by atoms with van der Waals surface area (Å²) in [5.41, 5.74) is 0. The van der Waals surface area contributed by atoms with Crippen LogP contribution in [0.5, 0.6) is 0 Å². The van der Waals surface area contributed by atoms with E-state index in [9.17, 15) is 22.8 Å². The van der Waals surface area contributed by atoms with Gasteiger partial charge in [0.25, 0.3) is 0 Å². The number of hydrogen-bond acceptors (Lipinski definition) is 5. The van der Waals surface area contributed by atoms with E-state index < -0.39 is 21.9 Å². The minimum atomic E-state index is -3.22. The van der Waals surface area contributed by atoms with Crippen molar-refractivity contribution in [2.24, 2.45) is 0 Å². The second kappa shape index (κ2) is 7.20. The lowest BCUT2D eigenvalue weighted by Gasteiger charge is -2.34. The van der Waals surface area contributed by atoms with Crippen molar-refractivity contribution in [3.05, 3.63) is 12.7 Å². The molecular weight excluding hydrogens is 336 g/mol. The second-order valence-corrected chi connectivity index (χ2v) is 8.32.